The zero-order valence-corrected chi connectivity index (χ0v) is 15.2. The predicted octanol–water partition coefficient (Wildman–Crippen LogP) is 3.77. The van der Waals surface area contributed by atoms with E-state index in [1.54, 1.807) is 27.4 Å². The van der Waals surface area contributed by atoms with E-state index in [9.17, 15) is 5.11 Å². The molecule has 4 aromatic rings. The number of ether oxygens (including phenoxy) is 3. The van der Waals surface area contributed by atoms with Gasteiger partial charge in [-0.15, -0.1) is 0 Å². The number of aromatic hydroxyl groups is 1. The molecule has 0 unspecified atom stereocenters. The number of benzene rings is 2. The predicted molar refractivity (Wildman–Crippen MR) is 101 cm³/mol. The van der Waals surface area contributed by atoms with Crippen molar-refractivity contribution in [2.75, 3.05) is 21.3 Å². The van der Waals surface area contributed by atoms with Crippen molar-refractivity contribution in [3.05, 3.63) is 48.3 Å². The van der Waals surface area contributed by atoms with E-state index in [1.165, 1.54) is 0 Å². The fraction of sp³-hybridized carbons (Fsp3) is 0.190. The fourth-order valence-corrected chi connectivity index (χ4v) is 3.52. The molecule has 0 aliphatic heterocycles. The number of methoxy groups -OCH3 is 3. The molecule has 0 atom stereocenters. The van der Waals surface area contributed by atoms with E-state index in [4.69, 9.17) is 14.2 Å². The lowest BCUT2D eigenvalue weighted by molar-refractivity contribution is -0.516. The monoisotopic (exact) mass is 350 g/mol. The number of pyridine rings is 2. The van der Waals surface area contributed by atoms with Crippen molar-refractivity contribution < 1.29 is 23.7 Å². The van der Waals surface area contributed by atoms with Gasteiger partial charge in [0.2, 0.25) is 5.52 Å². The number of fused-ring (bicyclic) bond motifs is 4. The number of aromatic nitrogens is 1. The van der Waals surface area contributed by atoms with Crippen molar-refractivity contribution in [3.8, 4) is 23.0 Å². The Bertz CT molecular complexity index is 1170. The molecule has 0 aliphatic carbocycles. The number of nitrogens with zero attached hydrogens (tertiary/aromatic N) is 1. The molecule has 0 amide bonds. The van der Waals surface area contributed by atoms with Gasteiger partial charge in [-0.25, -0.2) is 0 Å². The van der Waals surface area contributed by atoms with Crippen LogP contribution in [-0.4, -0.2) is 26.4 Å². The third-order valence-electron chi connectivity index (χ3n) is 4.89. The molecule has 1 N–H and O–H groups in total. The summed E-state index contributed by atoms with van der Waals surface area (Å²) in [5.74, 6) is 1.98. The van der Waals surface area contributed by atoms with Crippen LogP contribution in [0.5, 0.6) is 23.0 Å². The molecule has 4 rings (SSSR count). The number of hydrogen-bond acceptors (Lipinski definition) is 4. The number of aryl methyl sites for hydroxylation is 1. The Kier molecular flexibility index (Phi) is 3.72. The molecule has 0 fully saturated rings. The Labute approximate surface area is 151 Å². The van der Waals surface area contributed by atoms with E-state index in [-0.39, 0.29) is 5.75 Å². The smallest absolute Gasteiger partial charge is 0.219 e. The summed E-state index contributed by atoms with van der Waals surface area (Å²) in [4.78, 5) is 0. The first-order valence-corrected chi connectivity index (χ1v) is 8.27. The summed E-state index contributed by atoms with van der Waals surface area (Å²) in [6.07, 6.45) is 2.01. The van der Waals surface area contributed by atoms with Gasteiger partial charge in [-0.2, -0.15) is 4.40 Å². The SMILES string of the molecule is COc1cc2c(cc[n+]3c(C)c4cc(OC)c(OC)cc4cc23)cc1O. The van der Waals surface area contributed by atoms with Crippen molar-refractivity contribution in [2.24, 2.45) is 0 Å². The van der Waals surface area contributed by atoms with E-state index in [1.807, 2.05) is 30.5 Å². The molecule has 0 spiro atoms. The molecule has 26 heavy (non-hydrogen) atoms. The molecule has 5 heteroatoms. The zero-order chi connectivity index (χ0) is 18.4. The maximum atomic E-state index is 10.1. The standard InChI is InChI=1S/C21H19NO4/c1-12-15-10-21(26-4)20(25-3)9-14(15)7-17-16-11-19(24-2)18(23)8-13(16)5-6-22(12)17/h5-11H,1-4H3/p+1. The van der Waals surface area contributed by atoms with Gasteiger partial charge in [-0.3, -0.25) is 0 Å². The fourth-order valence-electron chi connectivity index (χ4n) is 3.52. The highest BCUT2D eigenvalue weighted by Gasteiger charge is 2.18. The van der Waals surface area contributed by atoms with Crippen LogP contribution < -0.4 is 18.6 Å². The maximum absolute atomic E-state index is 10.1. The van der Waals surface area contributed by atoms with Crippen molar-refractivity contribution in [3.63, 3.8) is 0 Å². The number of hydrogen-bond donors (Lipinski definition) is 1. The van der Waals surface area contributed by atoms with Crippen LogP contribution in [0.3, 0.4) is 0 Å². The molecule has 2 aromatic carbocycles. The van der Waals surface area contributed by atoms with Crippen LogP contribution in [0.1, 0.15) is 5.69 Å². The van der Waals surface area contributed by atoms with E-state index >= 15 is 0 Å². The van der Waals surface area contributed by atoms with Crippen LogP contribution in [0.15, 0.2) is 42.6 Å². The second-order valence-corrected chi connectivity index (χ2v) is 6.21. The molecule has 0 saturated carbocycles. The first-order chi connectivity index (χ1) is 12.6. The van der Waals surface area contributed by atoms with Gasteiger partial charge in [-0.1, -0.05) is 0 Å². The van der Waals surface area contributed by atoms with Crippen LogP contribution in [0.25, 0.3) is 27.1 Å². The summed E-state index contributed by atoms with van der Waals surface area (Å²) in [6, 6.07) is 11.7. The average molecular weight is 350 g/mol. The molecule has 5 nitrogen and oxygen atoms in total. The lowest BCUT2D eigenvalue weighted by Gasteiger charge is -2.11. The maximum Gasteiger partial charge on any atom is 0.219 e. The van der Waals surface area contributed by atoms with Gasteiger partial charge in [-0.05, 0) is 35.0 Å². The van der Waals surface area contributed by atoms with Crippen molar-refractivity contribution >= 4 is 27.1 Å². The molecule has 0 radical (unpaired) electrons. The third kappa shape index (κ3) is 2.28. The first kappa shape index (κ1) is 16.3. The van der Waals surface area contributed by atoms with Gasteiger partial charge in [0.1, 0.15) is 0 Å². The summed E-state index contributed by atoms with van der Waals surface area (Å²) in [5, 5.41) is 14.2. The van der Waals surface area contributed by atoms with Gasteiger partial charge in [0.05, 0.1) is 32.1 Å². The van der Waals surface area contributed by atoms with Crippen LogP contribution in [-0.2, 0) is 0 Å². The highest BCUT2D eigenvalue weighted by Crippen LogP contribution is 2.36. The zero-order valence-electron chi connectivity index (χ0n) is 15.2. The number of phenolic OH excluding ortho intramolecular Hbond substituents is 1. The Hall–Kier alpha value is -3.21. The Morgan fingerprint density at radius 3 is 2.12 bits per heavy atom. The van der Waals surface area contributed by atoms with E-state index in [0.717, 1.165) is 32.8 Å². The van der Waals surface area contributed by atoms with Crippen LogP contribution in [0.2, 0.25) is 0 Å². The summed E-state index contributed by atoms with van der Waals surface area (Å²) in [5.41, 5.74) is 2.12. The number of rotatable bonds is 3. The second kappa shape index (κ2) is 5.95. The molecule has 132 valence electrons. The minimum Gasteiger partial charge on any atom is -0.504 e. The van der Waals surface area contributed by atoms with Gasteiger partial charge < -0.3 is 19.3 Å². The summed E-state index contributed by atoms with van der Waals surface area (Å²) < 4.78 is 18.3. The minimum absolute atomic E-state index is 0.133. The quantitative estimate of drug-likeness (QED) is 0.347. The largest absolute Gasteiger partial charge is 0.504 e. The van der Waals surface area contributed by atoms with Crippen LogP contribution in [0.4, 0.5) is 0 Å². The summed E-state index contributed by atoms with van der Waals surface area (Å²) in [6.45, 7) is 2.07. The lowest BCUT2D eigenvalue weighted by atomic mass is 10.0. The van der Waals surface area contributed by atoms with Gasteiger partial charge in [0, 0.05) is 19.1 Å². The van der Waals surface area contributed by atoms with Crippen LogP contribution >= 0.6 is 0 Å². The molecule has 0 bridgehead atoms. The van der Waals surface area contributed by atoms with E-state index in [2.05, 4.69) is 17.4 Å². The van der Waals surface area contributed by atoms with Crippen molar-refractivity contribution in [2.45, 2.75) is 6.92 Å². The number of phenols is 1. The Morgan fingerprint density at radius 1 is 0.769 bits per heavy atom. The summed E-state index contributed by atoms with van der Waals surface area (Å²) >= 11 is 0. The molecule has 2 heterocycles. The highest BCUT2D eigenvalue weighted by atomic mass is 16.5. The van der Waals surface area contributed by atoms with Crippen LogP contribution in [0, 0.1) is 6.92 Å². The summed E-state index contributed by atoms with van der Waals surface area (Å²) in [7, 11) is 4.83. The topological polar surface area (TPSA) is 52.0 Å². The second-order valence-electron chi connectivity index (χ2n) is 6.21. The molecular weight excluding hydrogens is 330 g/mol. The van der Waals surface area contributed by atoms with Gasteiger partial charge in [0.15, 0.2) is 34.9 Å². The molecule has 2 aromatic heterocycles. The Balaban J connectivity index is 2.16. The first-order valence-electron chi connectivity index (χ1n) is 8.27. The molecule has 0 saturated heterocycles. The normalized spacial score (nSPS) is 11.2. The minimum atomic E-state index is 0.133. The van der Waals surface area contributed by atoms with E-state index < -0.39 is 0 Å². The Morgan fingerprint density at radius 2 is 1.42 bits per heavy atom. The van der Waals surface area contributed by atoms with Gasteiger partial charge >= 0.3 is 0 Å². The van der Waals surface area contributed by atoms with Crippen molar-refractivity contribution in [1.29, 1.82) is 0 Å². The molecular formula is C21H20NO4+. The van der Waals surface area contributed by atoms with Gasteiger partial charge in [0.25, 0.3) is 0 Å². The lowest BCUT2D eigenvalue weighted by Crippen LogP contribution is -2.25. The van der Waals surface area contributed by atoms with Crippen molar-refractivity contribution in [1.82, 2.24) is 0 Å². The highest BCUT2D eigenvalue weighted by molar-refractivity contribution is 6.00. The average Bonchev–Trinajstić information content (AvgIpc) is 2.66. The van der Waals surface area contributed by atoms with E-state index in [0.29, 0.717) is 17.2 Å². The third-order valence-corrected chi connectivity index (χ3v) is 4.89. The molecule has 0 aliphatic rings.